The molecule has 1 saturated carbocycles. The fourth-order valence-corrected chi connectivity index (χ4v) is 3.96. The average molecular weight is 290 g/mol. The van der Waals surface area contributed by atoms with E-state index in [0.29, 0.717) is 0 Å². The third-order valence-electron chi connectivity index (χ3n) is 4.52. The van der Waals surface area contributed by atoms with Gasteiger partial charge in [0.1, 0.15) is 0 Å². The molecular formula is C15H22N4S. The maximum absolute atomic E-state index is 4.74. The molecule has 2 fully saturated rings. The van der Waals surface area contributed by atoms with E-state index in [1.165, 1.54) is 51.0 Å². The molecule has 0 spiro atoms. The summed E-state index contributed by atoms with van der Waals surface area (Å²) in [5.74, 6) is 0.876. The molecule has 0 aromatic carbocycles. The van der Waals surface area contributed by atoms with Crippen LogP contribution in [0.5, 0.6) is 0 Å². The van der Waals surface area contributed by atoms with E-state index in [1.54, 1.807) is 11.3 Å². The Balaban J connectivity index is 1.43. The van der Waals surface area contributed by atoms with Crippen molar-refractivity contribution in [3.63, 3.8) is 0 Å². The van der Waals surface area contributed by atoms with E-state index < -0.39 is 0 Å². The number of hydrogen-bond acceptors (Lipinski definition) is 4. The second-order valence-corrected chi connectivity index (χ2v) is 7.05. The molecule has 0 bridgehead atoms. The second-order valence-electron chi connectivity index (χ2n) is 6.18. The quantitative estimate of drug-likeness (QED) is 0.917. The Labute approximate surface area is 123 Å². The number of nitrogens with zero attached hydrogens (tertiary/aromatic N) is 3. The maximum Gasteiger partial charge on any atom is 0.193 e. The number of piperidine rings is 1. The minimum Gasteiger partial charge on any atom is -0.317 e. The van der Waals surface area contributed by atoms with Crippen LogP contribution in [0.2, 0.25) is 0 Å². The SMILES string of the molecule is c1cn2cc(CN(CC3CCNCC3)C3CC3)nc2s1. The molecule has 1 N–H and O–H groups in total. The molecule has 2 aromatic heterocycles. The zero-order valence-corrected chi connectivity index (χ0v) is 12.6. The Morgan fingerprint density at radius 2 is 2.15 bits per heavy atom. The summed E-state index contributed by atoms with van der Waals surface area (Å²) < 4.78 is 2.15. The highest BCUT2D eigenvalue weighted by Crippen LogP contribution is 2.30. The minimum atomic E-state index is 0.824. The predicted molar refractivity (Wildman–Crippen MR) is 82.1 cm³/mol. The van der Waals surface area contributed by atoms with Gasteiger partial charge < -0.3 is 5.32 Å². The van der Waals surface area contributed by atoms with Crippen molar-refractivity contribution >= 4 is 16.3 Å². The lowest BCUT2D eigenvalue weighted by Crippen LogP contribution is -2.37. The van der Waals surface area contributed by atoms with Crippen LogP contribution < -0.4 is 5.32 Å². The molecular weight excluding hydrogens is 268 g/mol. The normalized spacial score (nSPS) is 21.1. The van der Waals surface area contributed by atoms with Gasteiger partial charge in [-0.25, -0.2) is 4.98 Å². The molecule has 108 valence electrons. The number of imidazole rings is 1. The van der Waals surface area contributed by atoms with Crippen molar-refractivity contribution in [1.82, 2.24) is 19.6 Å². The molecule has 0 atom stereocenters. The lowest BCUT2D eigenvalue weighted by Gasteiger charge is -2.29. The summed E-state index contributed by atoms with van der Waals surface area (Å²) >= 11 is 1.72. The van der Waals surface area contributed by atoms with Crippen LogP contribution in [0.25, 0.3) is 4.96 Å². The molecule has 4 rings (SSSR count). The van der Waals surface area contributed by atoms with E-state index in [0.717, 1.165) is 23.5 Å². The number of thiazole rings is 1. The molecule has 0 amide bonds. The molecule has 5 heteroatoms. The Hall–Kier alpha value is -0.910. The van der Waals surface area contributed by atoms with Gasteiger partial charge in [0.05, 0.1) is 5.69 Å². The fraction of sp³-hybridized carbons (Fsp3) is 0.667. The topological polar surface area (TPSA) is 32.6 Å². The third kappa shape index (κ3) is 2.75. The van der Waals surface area contributed by atoms with E-state index in [9.17, 15) is 0 Å². The smallest absolute Gasteiger partial charge is 0.193 e. The molecule has 0 radical (unpaired) electrons. The zero-order valence-electron chi connectivity index (χ0n) is 11.8. The molecule has 4 nitrogen and oxygen atoms in total. The Morgan fingerprint density at radius 3 is 2.90 bits per heavy atom. The number of hydrogen-bond donors (Lipinski definition) is 1. The maximum atomic E-state index is 4.74. The summed E-state index contributed by atoms with van der Waals surface area (Å²) in [5, 5.41) is 5.56. The molecule has 1 aliphatic heterocycles. The van der Waals surface area contributed by atoms with E-state index >= 15 is 0 Å². The predicted octanol–water partition coefficient (Wildman–Crippen LogP) is 2.36. The van der Waals surface area contributed by atoms with Gasteiger partial charge in [-0.3, -0.25) is 9.30 Å². The molecule has 1 saturated heterocycles. The summed E-state index contributed by atoms with van der Waals surface area (Å²) in [6, 6.07) is 0.824. The van der Waals surface area contributed by atoms with Crippen molar-refractivity contribution in [1.29, 1.82) is 0 Å². The largest absolute Gasteiger partial charge is 0.317 e. The molecule has 0 unspecified atom stereocenters. The summed E-state index contributed by atoms with van der Waals surface area (Å²) in [4.78, 5) is 8.55. The van der Waals surface area contributed by atoms with Crippen molar-refractivity contribution in [2.24, 2.45) is 5.92 Å². The fourth-order valence-electron chi connectivity index (χ4n) is 3.24. The van der Waals surface area contributed by atoms with Crippen LogP contribution in [0.1, 0.15) is 31.4 Å². The van der Waals surface area contributed by atoms with Crippen molar-refractivity contribution in [3.05, 3.63) is 23.5 Å². The van der Waals surface area contributed by atoms with E-state index in [-0.39, 0.29) is 0 Å². The van der Waals surface area contributed by atoms with Gasteiger partial charge in [0, 0.05) is 36.9 Å². The van der Waals surface area contributed by atoms with Gasteiger partial charge in [0.25, 0.3) is 0 Å². The average Bonchev–Trinajstić information content (AvgIpc) is 3.11. The first-order valence-corrected chi connectivity index (χ1v) is 8.62. The van der Waals surface area contributed by atoms with Crippen LogP contribution in [0, 0.1) is 5.92 Å². The molecule has 1 aliphatic carbocycles. The number of rotatable bonds is 5. The van der Waals surface area contributed by atoms with Crippen molar-refractivity contribution in [2.75, 3.05) is 19.6 Å². The van der Waals surface area contributed by atoms with Crippen LogP contribution >= 0.6 is 11.3 Å². The summed E-state index contributed by atoms with van der Waals surface area (Å²) in [6.45, 7) is 4.69. The van der Waals surface area contributed by atoms with Crippen molar-refractivity contribution < 1.29 is 0 Å². The van der Waals surface area contributed by atoms with E-state index in [1.807, 2.05) is 0 Å². The monoisotopic (exact) mass is 290 g/mol. The molecule has 2 aliphatic rings. The molecule has 20 heavy (non-hydrogen) atoms. The van der Waals surface area contributed by atoms with Gasteiger partial charge in [0.15, 0.2) is 4.96 Å². The van der Waals surface area contributed by atoms with Crippen molar-refractivity contribution in [2.45, 2.75) is 38.3 Å². The Kier molecular flexibility index (Phi) is 3.50. The van der Waals surface area contributed by atoms with Crippen LogP contribution in [0.3, 0.4) is 0 Å². The van der Waals surface area contributed by atoms with Gasteiger partial charge in [-0.2, -0.15) is 0 Å². The summed E-state index contributed by atoms with van der Waals surface area (Å²) in [5.41, 5.74) is 1.23. The molecule has 3 heterocycles. The third-order valence-corrected chi connectivity index (χ3v) is 5.29. The lowest BCUT2D eigenvalue weighted by molar-refractivity contribution is 0.189. The van der Waals surface area contributed by atoms with Crippen molar-refractivity contribution in [3.8, 4) is 0 Å². The van der Waals surface area contributed by atoms with Crippen LogP contribution in [-0.4, -0.2) is 40.0 Å². The lowest BCUT2D eigenvalue weighted by atomic mass is 9.97. The molecule has 2 aromatic rings. The number of aromatic nitrogens is 2. The summed E-state index contributed by atoms with van der Waals surface area (Å²) in [6.07, 6.45) is 9.73. The van der Waals surface area contributed by atoms with Gasteiger partial charge in [-0.05, 0) is 44.7 Å². The van der Waals surface area contributed by atoms with Crippen LogP contribution in [0.15, 0.2) is 17.8 Å². The second kappa shape index (κ2) is 5.47. The summed E-state index contributed by atoms with van der Waals surface area (Å²) in [7, 11) is 0. The number of nitrogens with one attached hydrogen (secondary N) is 1. The van der Waals surface area contributed by atoms with Gasteiger partial charge in [0.2, 0.25) is 0 Å². The first-order chi connectivity index (χ1) is 9.88. The van der Waals surface area contributed by atoms with Crippen LogP contribution in [-0.2, 0) is 6.54 Å². The van der Waals surface area contributed by atoms with Crippen LogP contribution in [0.4, 0.5) is 0 Å². The van der Waals surface area contributed by atoms with E-state index in [2.05, 4.69) is 32.4 Å². The first-order valence-electron chi connectivity index (χ1n) is 7.74. The number of fused-ring (bicyclic) bond motifs is 1. The van der Waals surface area contributed by atoms with Gasteiger partial charge >= 0.3 is 0 Å². The van der Waals surface area contributed by atoms with Gasteiger partial charge in [-0.15, -0.1) is 11.3 Å². The van der Waals surface area contributed by atoms with Gasteiger partial charge in [-0.1, -0.05) is 0 Å². The highest BCUT2D eigenvalue weighted by atomic mass is 32.1. The van der Waals surface area contributed by atoms with E-state index in [4.69, 9.17) is 4.98 Å². The minimum absolute atomic E-state index is 0.824. The zero-order chi connectivity index (χ0) is 13.4. The Morgan fingerprint density at radius 1 is 1.30 bits per heavy atom. The highest BCUT2D eigenvalue weighted by molar-refractivity contribution is 7.15. The highest BCUT2D eigenvalue weighted by Gasteiger charge is 2.31. The Bertz CT molecular complexity index is 537. The standard InChI is InChI=1S/C15H22N4S/c1-2-14(1)19(9-12-3-5-16-6-4-12)11-13-10-18-7-8-20-15(18)17-13/h7-8,10,12,14,16H,1-6,9,11H2. The first kappa shape index (κ1) is 12.8.